The maximum atomic E-state index is 12.3. The van der Waals surface area contributed by atoms with Gasteiger partial charge >= 0.3 is 6.03 Å². The third-order valence-electron chi connectivity index (χ3n) is 4.29. The van der Waals surface area contributed by atoms with Crippen LogP contribution in [0.4, 0.5) is 4.79 Å². The Morgan fingerprint density at radius 3 is 2.71 bits per heavy atom. The lowest BCUT2D eigenvalue weighted by molar-refractivity contribution is -0.127. The van der Waals surface area contributed by atoms with Crippen LogP contribution in [0, 0.1) is 0 Å². The highest BCUT2D eigenvalue weighted by Gasteiger charge is 2.48. The second-order valence-electron chi connectivity index (χ2n) is 6.00. The molecule has 3 amide bonds. The van der Waals surface area contributed by atoms with E-state index in [1.807, 2.05) is 18.2 Å². The number of hydrogen-bond donors (Lipinski definition) is 1. The first-order valence-corrected chi connectivity index (χ1v) is 9.19. The smallest absolute Gasteiger partial charge is 0.325 e. The minimum absolute atomic E-state index is 0.252. The summed E-state index contributed by atoms with van der Waals surface area (Å²) in [7, 11) is 1.69. The van der Waals surface area contributed by atoms with Crippen molar-refractivity contribution in [3.05, 3.63) is 35.9 Å². The molecule has 2 atom stereocenters. The first-order chi connectivity index (χ1) is 11.6. The molecule has 0 saturated carbocycles. The van der Waals surface area contributed by atoms with Crippen molar-refractivity contribution in [3.63, 3.8) is 0 Å². The number of amidine groups is 1. The molecule has 0 aromatic heterocycles. The van der Waals surface area contributed by atoms with Crippen LogP contribution >= 0.6 is 11.8 Å². The van der Waals surface area contributed by atoms with Crippen LogP contribution in [0.2, 0.25) is 0 Å². The standard InChI is InChI=1S/C17H22N4O2S/c1-3-4-10-21-13-14(20(2)16(23)19-15(13)22)18-17(21)24-11-12-8-6-5-7-9-12/h5-9,13-14H,3-4,10-11H2,1-2H3,(H,19,22,23). The van der Waals surface area contributed by atoms with E-state index >= 15 is 0 Å². The number of rotatable bonds is 5. The number of nitrogens with one attached hydrogen (secondary N) is 1. The van der Waals surface area contributed by atoms with Gasteiger partial charge in [0.15, 0.2) is 17.4 Å². The maximum Gasteiger partial charge on any atom is 0.325 e. The highest BCUT2D eigenvalue weighted by atomic mass is 32.2. The number of carbonyl (C=O) groups is 2. The zero-order chi connectivity index (χ0) is 17.1. The Balaban J connectivity index is 1.79. The molecule has 2 aliphatic heterocycles. The van der Waals surface area contributed by atoms with Crippen LogP contribution in [0.25, 0.3) is 0 Å². The van der Waals surface area contributed by atoms with Gasteiger partial charge in [0, 0.05) is 19.3 Å². The zero-order valence-corrected chi connectivity index (χ0v) is 14.8. The molecule has 1 N–H and O–H groups in total. The van der Waals surface area contributed by atoms with Gasteiger partial charge in [-0.15, -0.1) is 0 Å². The number of amides is 3. The molecule has 0 bridgehead atoms. The first-order valence-electron chi connectivity index (χ1n) is 8.20. The van der Waals surface area contributed by atoms with Gasteiger partial charge in [-0.2, -0.15) is 0 Å². The molecule has 128 valence electrons. The second-order valence-corrected chi connectivity index (χ2v) is 6.94. The number of aliphatic imine (C=N–C) groups is 1. The quantitative estimate of drug-likeness (QED) is 0.888. The van der Waals surface area contributed by atoms with E-state index in [0.29, 0.717) is 0 Å². The molecule has 7 heteroatoms. The Bertz CT molecular complexity index is 649. The monoisotopic (exact) mass is 346 g/mol. The van der Waals surface area contributed by atoms with E-state index < -0.39 is 12.2 Å². The molecule has 0 radical (unpaired) electrons. The molecule has 0 spiro atoms. The SMILES string of the molecule is CCCCN1C(SCc2ccccc2)=NC2C1C(=O)NC(=O)N2C. The van der Waals surface area contributed by atoms with Crippen LogP contribution in [0.1, 0.15) is 25.3 Å². The van der Waals surface area contributed by atoms with Crippen LogP contribution < -0.4 is 5.32 Å². The van der Waals surface area contributed by atoms with E-state index in [1.54, 1.807) is 18.8 Å². The zero-order valence-electron chi connectivity index (χ0n) is 13.9. The van der Waals surface area contributed by atoms with E-state index in [-0.39, 0.29) is 11.9 Å². The summed E-state index contributed by atoms with van der Waals surface area (Å²) in [6.45, 7) is 2.89. The number of hydrogen-bond acceptors (Lipinski definition) is 5. The molecule has 3 rings (SSSR count). The van der Waals surface area contributed by atoms with E-state index in [9.17, 15) is 9.59 Å². The minimum atomic E-state index is -0.429. The average Bonchev–Trinajstić information content (AvgIpc) is 2.96. The van der Waals surface area contributed by atoms with Gasteiger partial charge in [0.1, 0.15) is 0 Å². The largest absolute Gasteiger partial charge is 0.336 e. The van der Waals surface area contributed by atoms with E-state index in [2.05, 4.69) is 29.3 Å². The van der Waals surface area contributed by atoms with Gasteiger partial charge in [0.05, 0.1) is 0 Å². The predicted molar refractivity (Wildman–Crippen MR) is 95.7 cm³/mol. The van der Waals surface area contributed by atoms with Crippen molar-refractivity contribution in [1.82, 2.24) is 15.1 Å². The molecular weight excluding hydrogens is 324 g/mol. The van der Waals surface area contributed by atoms with E-state index in [1.165, 1.54) is 10.5 Å². The van der Waals surface area contributed by atoms with Crippen LogP contribution in [0.3, 0.4) is 0 Å². The number of carbonyl (C=O) groups excluding carboxylic acids is 2. The van der Waals surface area contributed by atoms with Crippen molar-refractivity contribution in [3.8, 4) is 0 Å². The summed E-state index contributed by atoms with van der Waals surface area (Å²) in [4.78, 5) is 32.5. The van der Waals surface area contributed by atoms with Gasteiger partial charge in [-0.05, 0) is 12.0 Å². The Kier molecular flexibility index (Phi) is 5.08. The molecule has 1 saturated heterocycles. The maximum absolute atomic E-state index is 12.3. The number of imide groups is 1. The Hall–Kier alpha value is -2.02. The minimum Gasteiger partial charge on any atom is -0.336 e. The normalized spacial score (nSPS) is 23.2. The molecule has 2 aliphatic rings. The lowest BCUT2D eigenvalue weighted by Crippen LogP contribution is -2.63. The van der Waals surface area contributed by atoms with Crippen LogP contribution in [0.15, 0.2) is 35.3 Å². The molecule has 1 fully saturated rings. The van der Waals surface area contributed by atoms with E-state index in [4.69, 9.17) is 4.99 Å². The van der Waals surface area contributed by atoms with Gasteiger partial charge in [-0.1, -0.05) is 55.4 Å². The summed E-state index contributed by atoms with van der Waals surface area (Å²) < 4.78 is 0. The molecule has 6 nitrogen and oxygen atoms in total. The molecule has 24 heavy (non-hydrogen) atoms. The number of benzene rings is 1. The number of fused-ring (bicyclic) bond motifs is 1. The number of nitrogens with zero attached hydrogens (tertiary/aromatic N) is 3. The van der Waals surface area contributed by atoms with Gasteiger partial charge < -0.3 is 9.80 Å². The van der Waals surface area contributed by atoms with Crippen molar-refractivity contribution in [2.45, 2.75) is 37.7 Å². The molecule has 2 heterocycles. The van der Waals surface area contributed by atoms with Crippen LogP contribution in [-0.2, 0) is 10.5 Å². The second kappa shape index (κ2) is 7.25. The van der Waals surface area contributed by atoms with Gasteiger partial charge in [0.2, 0.25) is 0 Å². The van der Waals surface area contributed by atoms with E-state index in [0.717, 1.165) is 30.3 Å². The molecular formula is C17H22N4O2S. The molecule has 0 aliphatic carbocycles. The van der Waals surface area contributed by atoms with Crippen molar-refractivity contribution in [2.75, 3.05) is 13.6 Å². The Morgan fingerprint density at radius 2 is 2.00 bits per heavy atom. The highest BCUT2D eigenvalue weighted by molar-refractivity contribution is 8.13. The highest BCUT2D eigenvalue weighted by Crippen LogP contribution is 2.30. The number of urea groups is 1. The number of thioether (sulfide) groups is 1. The molecule has 1 aromatic carbocycles. The fourth-order valence-corrected chi connectivity index (χ4v) is 3.95. The predicted octanol–water partition coefficient (Wildman–Crippen LogP) is 2.27. The van der Waals surface area contributed by atoms with Crippen LogP contribution in [-0.4, -0.2) is 52.7 Å². The van der Waals surface area contributed by atoms with Gasteiger partial charge in [-0.25, -0.2) is 9.79 Å². The fraction of sp³-hybridized carbons (Fsp3) is 0.471. The summed E-state index contributed by atoms with van der Waals surface area (Å²) in [5.74, 6) is 0.541. The topological polar surface area (TPSA) is 65.0 Å². The number of unbranched alkanes of at least 4 members (excludes halogenated alkanes) is 1. The third-order valence-corrected chi connectivity index (χ3v) is 5.36. The van der Waals surface area contributed by atoms with Crippen LogP contribution in [0.5, 0.6) is 0 Å². The summed E-state index contributed by atoms with van der Waals surface area (Å²) in [5.41, 5.74) is 1.21. The Morgan fingerprint density at radius 1 is 1.25 bits per heavy atom. The van der Waals surface area contributed by atoms with Crippen molar-refractivity contribution in [1.29, 1.82) is 0 Å². The number of likely N-dealkylation sites (N-methyl/N-ethyl adjacent to an activating group) is 1. The summed E-state index contributed by atoms with van der Waals surface area (Å²) in [6, 6.07) is 9.38. The van der Waals surface area contributed by atoms with Gasteiger partial charge in [-0.3, -0.25) is 10.1 Å². The molecule has 1 aromatic rings. The lowest BCUT2D eigenvalue weighted by Gasteiger charge is -2.36. The fourth-order valence-electron chi connectivity index (χ4n) is 2.91. The van der Waals surface area contributed by atoms with Crippen molar-refractivity contribution in [2.24, 2.45) is 4.99 Å². The Labute approximate surface area is 146 Å². The summed E-state index contributed by atoms with van der Waals surface area (Å²) >= 11 is 1.62. The van der Waals surface area contributed by atoms with Gasteiger partial charge in [0.25, 0.3) is 5.91 Å². The molecule has 2 unspecified atom stereocenters. The average molecular weight is 346 g/mol. The summed E-state index contributed by atoms with van der Waals surface area (Å²) in [6.07, 6.45) is 1.60. The first kappa shape index (κ1) is 16.8. The van der Waals surface area contributed by atoms with Crippen molar-refractivity contribution >= 4 is 28.9 Å². The lowest BCUT2D eigenvalue weighted by atomic mass is 10.1. The third kappa shape index (κ3) is 3.26. The summed E-state index contributed by atoms with van der Waals surface area (Å²) in [5, 5.41) is 3.27. The van der Waals surface area contributed by atoms with Crippen molar-refractivity contribution < 1.29 is 9.59 Å².